The molecule has 0 unspecified atom stereocenters. The first-order valence-electron chi connectivity index (χ1n) is 8.42. The van der Waals surface area contributed by atoms with Crippen LogP contribution in [0.4, 0.5) is 0 Å². The number of hydrogen-bond donors (Lipinski definition) is 0. The fourth-order valence-electron chi connectivity index (χ4n) is 4.22. The summed E-state index contributed by atoms with van der Waals surface area (Å²) >= 11 is 0. The molecule has 1 aromatic carbocycles. The minimum Gasteiger partial charge on any atom is -0.296 e. The number of benzene rings is 1. The molecule has 0 saturated heterocycles. The monoisotopic (exact) mass is 269 g/mol. The van der Waals surface area contributed by atoms with E-state index in [1.807, 2.05) is 0 Å². The van der Waals surface area contributed by atoms with Crippen molar-refractivity contribution in [1.29, 1.82) is 0 Å². The van der Waals surface area contributed by atoms with Gasteiger partial charge >= 0.3 is 0 Å². The molecule has 1 saturated carbocycles. The third-order valence-electron chi connectivity index (χ3n) is 5.52. The van der Waals surface area contributed by atoms with Gasteiger partial charge in [-0.05, 0) is 65.7 Å². The van der Waals surface area contributed by atoms with E-state index < -0.39 is 0 Å². The van der Waals surface area contributed by atoms with E-state index in [0.29, 0.717) is 0 Å². The summed E-state index contributed by atoms with van der Waals surface area (Å²) in [5, 5.41) is 0. The number of rotatable bonds is 1. The van der Waals surface area contributed by atoms with Crippen LogP contribution in [0.2, 0.25) is 0 Å². The molecular weight excluding hydrogens is 242 g/mol. The van der Waals surface area contributed by atoms with Gasteiger partial charge in [-0.1, -0.05) is 32.9 Å². The summed E-state index contributed by atoms with van der Waals surface area (Å²) in [5.74, 6) is 0.831. The predicted molar refractivity (Wildman–Crippen MR) is 84.3 cm³/mol. The third kappa shape index (κ3) is 2.11. The van der Waals surface area contributed by atoms with Gasteiger partial charge in [-0.2, -0.15) is 0 Å². The normalized spacial score (nSPS) is 26.4. The molecule has 0 amide bonds. The Kier molecular flexibility index (Phi) is 2.79. The Morgan fingerprint density at radius 3 is 2.50 bits per heavy atom. The molecule has 1 fully saturated rings. The van der Waals surface area contributed by atoms with Crippen molar-refractivity contribution in [3.63, 3.8) is 0 Å². The Hall–Kier alpha value is -0.820. The van der Waals surface area contributed by atoms with E-state index in [2.05, 4.69) is 37.8 Å². The highest BCUT2D eigenvalue weighted by Gasteiger charge is 2.37. The van der Waals surface area contributed by atoms with Crippen LogP contribution in [0.5, 0.6) is 0 Å². The van der Waals surface area contributed by atoms with Crippen LogP contribution in [0, 0.1) is 0 Å². The van der Waals surface area contributed by atoms with E-state index >= 15 is 0 Å². The van der Waals surface area contributed by atoms with E-state index in [9.17, 15) is 0 Å². The first kappa shape index (κ1) is 12.9. The number of hydrogen-bond acceptors (Lipinski definition) is 1. The Balaban J connectivity index is 1.80. The lowest BCUT2D eigenvalue weighted by molar-refractivity contribution is 0.210. The van der Waals surface area contributed by atoms with E-state index in [-0.39, 0.29) is 5.41 Å². The van der Waals surface area contributed by atoms with Gasteiger partial charge in [-0.25, -0.2) is 0 Å². The summed E-state index contributed by atoms with van der Waals surface area (Å²) in [6, 6.07) is 5.97. The van der Waals surface area contributed by atoms with Crippen molar-refractivity contribution >= 4 is 0 Å². The summed E-state index contributed by atoms with van der Waals surface area (Å²) in [6.45, 7) is 9.60. The van der Waals surface area contributed by atoms with Crippen LogP contribution in [-0.4, -0.2) is 17.5 Å². The molecule has 3 aliphatic rings. The van der Waals surface area contributed by atoms with Crippen LogP contribution >= 0.6 is 0 Å². The quantitative estimate of drug-likeness (QED) is 0.731. The molecule has 20 heavy (non-hydrogen) atoms. The molecule has 0 aromatic heterocycles. The highest BCUT2D eigenvalue weighted by Crippen LogP contribution is 2.43. The average Bonchev–Trinajstić information content (AvgIpc) is 3.21. The van der Waals surface area contributed by atoms with Crippen molar-refractivity contribution in [2.75, 3.05) is 6.54 Å². The molecule has 0 bridgehead atoms. The summed E-state index contributed by atoms with van der Waals surface area (Å²) in [6.07, 6.45) is 7.00. The van der Waals surface area contributed by atoms with Gasteiger partial charge in [0.1, 0.15) is 0 Å². The Morgan fingerprint density at radius 1 is 1.05 bits per heavy atom. The summed E-state index contributed by atoms with van der Waals surface area (Å²) in [4.78, 5) is 2.77. The molecule has 1 heterocycles. The molecule has 1 aromatic rings. The molecule has 2 aliphatic carbocycles. The molecule has 108 valence electrons. The van der Waals surface area contributed by atoms with Crippen LogP contribution < -0.4 is 0 Å². The molecule has 0 N–H and O–H groups in total. The zero-order valence-electron chi connectivity index (χ0n) is 13.2. The summed E-state index contributed by atoms with van der Waals surface area (Å²) in [5.41, 5.74) is 6.92. The minimum atomic E-state index is 0.278. The van der Waals surface area contributed by atoms with Crippen LogP contribution in [0.15, 0.2) is 12.1 Å². The Bertz CT molecular complexity index is 533. The minimum absolute atomic E-state index is 0.278. The van der Waals surface area contributed by atoms with Gasteiger partial charge in [-0.3, -0.25) is 4.90 Å². The summed E-state index contributed by atoms with van der Waals surface area (Å²) < 4.78 is 0. The molecule has 1 aliphatic heterocycles. The van der Waals surface area contributed by atoms with Crippen molar-refractivity contribution in [3.8, 4) is 0 Å². The largest absolute Gasteiger partial charge is 0.296 e. The topological polar surface area (TPSA) is 3.24 Å². The van der Waals surface area contributed by atoms with E-state index in [0.717, 1.165) is 12.0 Å². The standard InChI is InChI=1S/C19H27N/c1-19(2,3)16-9-13-5-4-6-14-11-20(17-7-8-17)12-15(10-16)18(13)14/h9-10,14,17H,4-8,11-12H2,1-3H3/t14-/m0/s1. The molecule has 4 rings (SSSR count). The lowest BCUT2D eigenvalue weighted by Gasteiger charge is -2.40. The van der Waals surface area contributed by atoms with Crippen LogP contribution in [0.1, 0.15) is 74.6 Å². The van der Waals surface area contributed by atoms with Gasteiger partial charge in [0.15, 0.2) is 0 Å². The fourth-order valence-corrected chi connectivity index (χ4v) is 4.22. The van der Waals surface area contributed by atoms with E-state index in [4.69, 9.17) is 0 Å². The first-order chi connectivity index (χ1) is 9.52. The van der Waals surface area contributed by atoms with Gasteiger partial charge < -0.3 is 0 Å². The second-order valence-electron chi connectivity index (χ2n) is 8.21. The fraction of sp³-hybridized carbons (Fsp3) is 0.684. The maximum atomic E-state index is 2.77. The van der Waals surface area contributed by atoms with Gasteiger partial charge in [0.2, 0.25) is 0 Å². The number of aryl methyl sites for hydroxylation is 1. The van der Waals surface area contributed by atoms with Crippen LogP contribution in [0.25, 0.3) is 0 Å². The highest BCUT2D eigenvalue weighted by molar-refractivity contribution is 5.46. The maximum Gasteiger partial charge on any atom is 0.0239 e. The second kappa shape index (κ2) is 4.34. The molecule has 0 radical (unpaired) electrons. The Labute approximate surface area is 123 Å². The van der Waals surface area contributed by atoms with Crippen molar-refractivity contribution in [3.05, 3.63) is 34.4 Å². The van der Waals surface area contributed by atoms with E-state index in [1.165, 1.54) is 45.2 Å². The van der Waals surface area contributed by atoms with Crippen molar-refractivity contribution in [2.24, 2.45) is 0 Å². The van der Waals surface area contributed by atoms with Crippen LogP contribution in [-0.2, 0) is 18.4 Å². The number of nitrogens with zero attached hydrogens (tertiary/aromatic N) is 1. The zero-order chi connectivity index (χ0) is 13.9. The molecular formula is C19H27N. The molecule has 0 spiro atoms. The third-order valence-corrected chi connectivity index (χ3v) is 5.52. The van der Waals surface area contributed by atoms with Crippen LogP contribution in [0.3, 0.4) is 0 Å². The zero-order valence-corrected chi connectivity index (χ0v) is 13.2. The Morgan fingerprint density at radius 2 is 1.80 bits per heavy atom. The lowest BCUT2D eigenvalue weighted by Crippen LogP contribution is -2.37. The first-order valence-corrected chi connectivity index (χ1v) is 8.42. The van der Waals surface area contributed by atoms with Gasteiger partial charge in [0.05, 0.1) is 0 Å². The highest BCUT2D eigenvalue weighted by atomic mass is 15.2. The SMILES string of the molecule is CC(C)(C)c1cc2c3c(c1)CN(C1CC1)C[C@@H]3CCC2. The molecule has 1 atom stereocenters. The van der Waals surface area contributed by atoms with Crippen molar-refractivity contribution < 1.29 is 0 Å². The van der Waals surface area contributed by atoms with Crippen molar-refractivity contribution in [1.82, 2.24) is 4.90 Å². The predicted octanol–water partition coefficient (Wildman–Crippen LogP) is 4.38. The second-order valence-corrected chi connectivity index (χ2v) is 8.21. The lowest BCUT2D eigenvalue weighted by atomic mass is 9.74. The summed E-state index contributed by atoms with van der Waals surface area (Å²) in [7, 11) is 0. The van der Waals surface area contributed by atoms with E-state index in [1.54, 1.807) is 22.3 Å². The van der Waals surface area contributed by atoms with Gasteiger partial charge in [0.25, 0.3) is 0 Å². The molecule has 1 heteroatoms. The van der Waals surface area contributed by atoms with Gasteiger partial charge in [-0.15, -0.1) is 0 Å². The maximum absolute atomic E-state index is 2.77. The average molecular weight is 269 g/mol. The smallest absolute Gasteiger partial charge is 0.0239 e. The molecule has 1 nitrogen and oxygen atoms in total. The van der Waals surface area contributed by atoms with Gasteiger partial charge in [0, 0.05) is 19.1 Å². The van der Waals surface area contributed by atoms with Crippen molar-refractivity contribution in [2.45, 2.75) is 76.8 Å².